The number of fused-ring (bicyclic) bond motifs is 2. The lowest BCUT2D eigenvalue weighted by atomic mass is 9.99. The second kappa shape index (κ2) is 7.61. The van der Waals surface area contributed by atoms with Crippen LogP contribution in [0.5, 0.6) is 0 Å². The van der Waals surface area contributed by atoms with Crippen LogP contribution in [0.25, 0.3) is 0 Å². The fraction of sp³-hybridized carbons (Fsp3) is 0.261. The van der Waals surface area contributed by atoms with Gasteiger partial charge < -0.3 is 14.7 Å². The van der Waals surface area contributed by atoms with Gasteiger partial charge in [0.25, 0.3) is 0 Å². The molecule has 0 aliphatic carbocycles. The summed E-state index contributed by atoms with van der Waals surface area (Å²) >= 11 is 6.05. The van der Waals surface area contributed by atoms with Gasteiger partial charge in [0.1, 0.15) is 18.0 Å². The Morgan fingerprint density at radius 1 is 0.900 bits per heavy atom. The molecule has 1 aromatic heterocycles. The van der Waals surface area contributed by atoms with E-state index >= 15 is 0 Å². The van der Waals surface area contributed by atoms with Crippen LogP contribution in [0.15, 0.2) is 54.9 Å². The number of carbonyl (C=O) groups is 1. The van der Waals surface area contributed by atoms with Gasteiger partial charge in [-0.2, -0.15) is 0 Å². The highest BCUT2D eigenvalue weighted by molar-refractivity contribution is 6.30. The van der Waals surface area contributed by atoms with Crippen molar-refractivity contribution in [2.45, 2.75) is 19.5 Å². The van der Waals surface area contributed by atoms with Crippen molar-refractivity contribution in [3.8, 4) is 0 Å². The molecule has 0 fully saturated rings. The summed E-state index contributed by atoms with van der Waals surface area (Å²) < 4.78 is 0. The van der Waals surface area contributed by atoms with Gasteiger partial charge in [-0.3, -0.25) is 4.79 Å². The molecule has 0 atom stereocenters. The number of amides is 1. The third kappa shape index (κ3) is 3.37. The summed E-state index contributed by atoms with van der Waals surface area (Å²) in [4.78, 5) is 28.2. The lowest BCUT2D eigenvalue weighted by Gasteiger charge is -2.32. The molecule has 7 heteroatoms. The van der Waals surface area contributed by atoms with E-state index in [9.17, 15) is 4.79 Å². The van der Waals surface area contributed by atoms with Crippen LogP contribution < -0.4 is 14.7 Å². The minimum Gasteiger partial charge on any atom is -0.351 e. The molecule has 3 aromatic rings. The summed E-state index contributed by atoms with van der Waals surface area (Å²) in [5.74, 6) is 1.73. The number of hydrogen-bond donors (Lipinski definition) is 0. The number of hydrogen-bond acceptors (Lipinski definition) is 5. The second-order valence-electron chi connectivity index (χ2n) is 7.75. The van der Waals surface area contributed by atoms with Crippen molar-refractivity contribution in [1.29, 1.82) is 0 Å². The number of likely N-dealkylation sites (N-methyl/N-ethyl adjacent to an activating group) is 1. The van der Waals surface area contributed by atoms with Crippen molar-refractivity contribution < 1.29 is 4.79 Å². The monoisotopic (exact) mass is 419 g/mol. The van der Waals surface area contributed by atoms with Crippen molar-refractivity contribution >= 4 is 34.8 Å². The molecular formula is C23H22ClN5O. The van der Waals surface area contributed by atoms with Crippen LogP contribution in [0.2, 0.25) is 5.02 Å². The largest absolute Gasteiger partial charge is 0.351 e. The third-order valence-electron chi connectivity index (χ3n) is 5.82. The molecule has 0 radical (unpaired) electrons. The lowest BCUT2D eigenvalue weighted by molar-refractivity contribution is -0.117. The molecule has 30 heavy (non-hydrogen) atoms. The van der Waals surface area contributed by atoms with Gasteiger partial charge >= 0.3 is 0 Å². The van der Waals surface area contributed by atoms with Gasteiger partial charge in [0.05, 0.1) is 18.7 Å². The first-order valence-corrected chi connectivity index (χ1v) is 10.4. The molecule has 1 amide bonds. The highest BCUT2D eigenvalue weighted by atomic mass is 35.5. The Balaban J connectivity index is 1.55. The van der Waals surface area contributed by atoms with E-state index < -0.39 is 0 Å². The number of anilines is 3. The molecule has 152 valence electrons. The average molecular weight is 420 g/mol. The molecule has 0 bridgehead atoms. The molecule has 0 spiro atoms. The number of benzene rings is 2. The molecule has 5 rings (SSSR count). The summed E-state index contributed by atoms with van der Waals surface area (Å²) in [5, 5.41) is 0.648. The maximum Gasteiger partial charge on any atom is 0.246 e. The minimum atomic E-state index is 0.0211. The Bertz CT molecular complexity index is 1100. The second-order valence-corrected chi connectivity index (χ2v) is 8.19. The maximum absolute atomic E-state index is 13.0. The lowest BCUT2D eigenvalue weighted by Crippen LogP contribution is -2.36. The fourth-order valence-electron chi connectivity index (χ4n) is 4.28. The zero-order valence-electron chi connectivity index (χ0n) is 16.8. The first-order chi connectivity index (χ1) is 14.6. The molecule has 0 N–H and O–H groups in total. The van der Waals surface area contributed by atoms with Gasteiger partial charge in [-0.15, -0.1) is 0 Å². The minimum absolute atomic E-state index is 0.0211. The van der Waals surface area contributed by atoms with Crippen LogP contribution in [0.3, 0.4) is 0 Å². The van der Waals surface area contributed by atoms with Gasteiger partial charge in [-0.1, -0.05) is 35.9 Å². The van der Waals surface area contributed by atoms with Gasteiger partial charge in [-0.05, 0) is 41.8 Å². The number of aromatic nitrogens is 2. The Kier molecular flexibility index (Phi) is 4.79. The van der Waals surface area contributed by atoms with E-state index in [1.165, 1.54) is 11.1 Å². The maximum atomic E-state index is 13.0. The van der Waals surface area contributed by atoms with E-state index in [2.05, 4.69) is 39.1 Å². The molecule has 0 saturated heterocycles. The number of nitrogens with zero attached hydrogens (tertiary/aromatic N) is 5. The number of rotatable bonds is 2. The first-order valence-electron chi connectivity index (χ1n) is 10.0. The average Bonchev–Trinajstić information content (AvgIpc) is 2.90. The Hall–Kier alpha value is -3.12. The fourth-order valence-corrected chi connectivity index (χ4v) is 4.41. The SMILES string of the molecule is CN1CC(=O)N(c2ccc(Cl)cc2)Cc2c1ncnc2N1CCc2ccccc2C1. The zero-order valence-corrected chi connectivity index (χ0v) is 17.5. The van der Waals surface area contributed by atoms with E-state index in [4.69, 9.17) is 11.6 Å². The standard InChI is InChI=1S/C23H22ClN5O/c1-27-14-21(30)29(19-8-6-18(24)7-9-19)13-20-22(27)25-15-26-23(20)28-11-10-16-4-2-3-5-17(16)12-28/h2-9,15H,10-14H2,1H3. The number of halogens is 1. The predicted molar refractivity (Wildman–Crippen MR) is 119 cm³/mol. The van der Waals surface area contributed by atoms with Crippen LogP contribution >= 0.6 is 11.6 Å². The van der Waals surface area contributed by atoms with E-state index in [1.807, 2.05) is 36.2 Å². The van der Waals surface area contributed by atoms with Crippen molar-refractivity contribution in [3.05, 3.63) is 76.6 Å². The summed E-state index contributed by atoms with van der Waals surface area (Å²) in [6.07, 6.45) is 2.58. The van der Waals surface area contributed by atoms with E-state index in [0.717, 1.165) is 42.4 Å². The van der Waals surface area contributed by atoms with Gasteiger partial charge in [0, 0.05) is 30.8 Å². The van der Waals surface area contributed by atoms with Crippen molar-refractivity contribution in [1.82, 2.24) is 9.97 Å². The van der Waals surface area contributed by atoms with Crippen molar-refractivity contribution in [3.63, 3.8) is 0 Å². The zero-order chi connectivity index (χ0) is 20.7. The molecule has 2 aliphatic rings. The molecule has 0 saturated carbocycles. The Labute approximate surface area is 180 Å². The highest BCUT2D eigenvalue weighted by Gasteiger charge is 2.30. The van der Waals surface area contributed by atoms with Gasteiger partial charge in [-0.25, -0.2) is 9.97 Å². The molecule has 3 heterocycles. The quantitative estimate of drug-likeness (QED) is 0.634. The summed E-state index contributed by atoms with van der Waals surface area (Å²) in [6.45, 7) is 2.38. The predicted octanol–water partition coefficient (Wildman–Crippen LogP) is 3.68. The van der Waals surface area contributed by atoms with Crippen LogP contribution in [0, 0.1) is 0 Å². The van der Waals surface area contributed by atoms with Crippen LogP contribution in [0.1, 0.15) is 16.7 Å². The van der Waals surface area contributed by atoms with E-state index in [0.29, 0.717) is 11.6 Å². The molecule has 0 unspecified atom stereocenters. The Morgan fingerprint density at radius 2 is 1.63 bits per heavy atom. The third-order valence-corrected chi connectivity index (χ3v) is 6.07. The summed E-state index contributed by atoms with van der Waals surface area (Å²) in [5.41, 5.74) is 4.51. The van der Waals surface area contributed by atoms with Gasteiger partial charge in [0.15, 0.2) is 0 Å². The topological polar surface area (TPSA) is 52.6 Å². The molecule has 6 nitrogen and oxygen atoms in total. The molecule has 2 aliphatic heterocycles. The van der Waals surface area contributed by atoms with Crippen LogP contribution in [-0.2, 0) is 24.3 Å². The Morgan fingerprint density at radius 3 is 2.43 bits per heavy atom. The van der Waals surface area contributed by atoms with Crippen molar-refractivity contribution in [2.24, 2.45) is 0 Å². The van der Waals surface area contributed by atoms with Gasteiger partial charge in [0.2, 0.25) is 5.91 Å². The highest BCUT2D eigenvalue weighted by Crippen LogP contribution is 2.34. The summed E-state index contributed by atoms with van der Waals surface area (Å²) in [6, 6.07) is 15.9. The molecular weight excluding hydrogens is 398 g/mol. The molecule has 2 aromatic carbocycles. The normalized spacial score (nSPS) is 16.2. The van der Waals surface area contributed by atoms with E-state index in [1.54, 1.807) is 11.2 Å². The smallest absolute Gasteiger partial charge is 0.246 e. The van der Waals surface area contributed by atoms with Crippen molar-refractivity contribution in [2.75, 3.05) is 34.8 Å². The van der Waals surface area contributed by atoms with Crippen LogP contribution in [0.4, 0.5) is 17.3 Å². The first kappa shape index (κ1) is 18.9. The number of carbonyl (C=O) groups excluding carboxylic acids is 1. The van der Waals surface area contributed by atoms with Crippen LogP contribution in [-0.4, -0.2) is 36.0 Å². The van der Waals surface area contributed by atoms with E-state index in [-0.39, 0.29) is 12.5 Å². The summed E-state index contributed by atoms with van der Waals surface area (Å²) in [7, 11) is 1.91.